The molecule has 29 heavy (non-hydrogen) atoms. The third-order valence-electron chi connectivity index (χ3n) is 3.90. The van der Waals surface area contributed by atoms with Crippen molar-refractivity contribution in [1.82, 2.24) is 0 Å². The van der Waals surface area contributed by atoms with Gasteiger partial charge in [0.1, 0.15) is 4.88 Å². The van der Waals surface area contributed by atoms with Crippen molar-refractivity contribution in [3.8, 4) is 0 Å². The van der Waals surface area contributed by atoms with Gasteiger partial charge in [-0.05, 0) is 55.8 Å². The molecule has 0 amide bonds. The summed E-state index contributed by atoms with van der Waals surface area (Å²) in [7, 11) is 1.75. The number of ketones is 1. The molecule has 4 aromatic rings. The Morgan fingerprint density at radius 1 is 0.862 bits per heavy atom. The summed E-state index contributed by atoms with van der Waals surface area (Å²) in [5.41, 5.74) is 2.39. The van der Waals surface area contributed by atoms with Crippen LogP contribution in [-0.2, 0) is 0 Å². The lowest BCUT2D eigenvalue weighted by Crippen LogP contribution is -1.89. The van der Waals surface area contributed by atoms with Gasteiger partial charge in [0, 0.05) is 10.8 Å². The van der Waals surface area contributed by atoms with E-state index >= 15 is 0 Å². The van der Waals surface area contributed by atoms with E-state index in [0.717, 1.165) is 20.5 Å². The maximum absolute atomic E-state index is 11.1. The molecule has 0 spiro atoms. The lowest BCUT2D eigenvalue weighted by molar-refractivity contribution is 0.0702. The van der Waals surface area contributed by atoms with Gasteiger partial charge in [-0.15, -0.1) is 22.7 Å². The molecule has 0 atom stereocenters. The van der Waals surface area contributed by atoms with E-state index in [1.165, 1.54) is 34.4 Å². The number of aromatic carboxylic acids is 1. The molecule has 0 saturated heterocycles. The summed E-state index contributed by atoms with van der Waals surface area (Å²) in [6, 6.07) is 15.9. The highest BCUT2D eigenvalue weighted by Gasteiger charge is 2.07. The summed E-state index contributed by atoms with van der Waals surface area (Å²) in [6.45, 7) is 5.67. The van der Waals surface area contributed by atoms with Crippen LogP contribution in [0.2, 0.25) is 0 Å². The van der Waals surface area contributed by atoms with Crippen LogP contribution in [0.5, 0.6) is 0 Å². The average Bonchev–Trinajstić information content (AvgIpc) is 3.35. The molecule has 154 valence electrons. The van der Waals surface area contributed by atoms with Crippen molar-refractivity contribution in [3.63, 3.8) is 0 Å². The highest BCUT2D eigenvalue weighted by Crippen LogP contribution is 2.27. The zero-order valence-corrected chi connectivity index (χ0v) is 18.7. The van der Waals surface area contributed by atoms with Gasteiger partial charge in [0.05, 0.1) is 12.1 Å². The van der Waals surface area contributed by atoms with Gasteiger partial charge in [0.2, 0.25) is 0 Å². The lowest BCUT2D eigenvalue weighted by Gasteiger charge is -1.89. The number of carboxylic acid groups (broad SMARTS) is 1. The van der Waals surface area contributed by atoms with Crippen LogP contribution in [0, 0.1) is 13.8 Å². The fraction of sp³-hybridized carbons (Fsp3) is 0.217. The second-order valence-electron chi connectivity index (χ2n) is 6.17. The van der Waals surface area contributed by atoms with Crippen molar-refractivity contribution in [2.24, 2.45) is 0 Å². The van der Waals surface area contributed by atoms with Crippen molar-refractivity contribution >= 4 is 54.6 Å². The highest BCUT2D eigenvalue weighted by atomic mass is 32.1. The van der Waals surface area contributed by atoms with E-state index in [-0.39, 0.29) is 5.78 Å². The molecule has 2 aromatic heterocycles. The number of rotatable bonds is 2. The maximum atomic E-state index is 11.1. The van der Waals surface area contributed by atoms with E-state index in [0.29, 0.717) is 12.1 Å². The average molecular weight is 435 g/mol. The standard InChI is InChI=1S/C11H10OS.C10H8O2S.CH3F.CH4/c1-7-3-4-10-9(5-7)6-11(13-10)8(2)12;1-6-2-3-8-7(4-6)5-9(13-8)10(11)12;1-2;/h3-6H,1-2H3;2-5H,1H3,(H,11,12);1H3;1H4/i;;;1T. The quantitative estimate of drug-likeness (QED) is 0.332. The number of carbonyl (C=O) groups is 2. The first-order valence-electron chi connectivity index (χ1n) is 9.46. The molecule has 3 nitrogen and oxygen atoms in total. The van der Waals surface area contributed by atoms with E-state index in [1.54, 1.807) is 24.3 Å². The molecule has 0 fully saturated rings. The minimum atomic E-state index is -0.848. The number of Topliss-reactive ketones (excluding diaryl/α,β-unsaturated/α-hetero) is 1. The second kappa shape index (κ2) is 10.8. The second-order valence-corrected chi connectivity index (χ2v) is 8.33. The predicted molar refractivity (Wildman–Crippen MR) is 124 cm³/mol. The molecule has 0 radical (unpaired) electrons. The summed E-state index contributed by atoms with van der Waals surface area (Å²) >= 11 is 2.88. The number of alkyl halides is 1. The monoisotopic (exact) mass is 434 g/mol. The van der Waals surface area contributed by atoms with Crippen molar-refractivity contribution in [1.29, 1.82) is 0 Å². The SMILES string of the molecule is CC(=O)c1cc2cc(C)ccc2s1.CF.Cc1ccc2sc(C(=O)O)cc2c1.[3H]C. The molecule has 0 aliphatic heterocycles. The Hall–Kier alpha value is -2.57. The van der Waals surface area contributed by atoms with Crippen LogP contribution in [0.25, 0.3) is 20.2 Å². The molecule has 4 rings (SSSR count). The number of aryl methyl sites for hydroxylation is 2. The minimum absolute atomic E-state index is 0.152. The first kappa shape index (κ1) is 22.7. The van der Waals surface area contributed by atoms with Gasteiger partial charge in [0.15, 0.2) is 5.78 Å². The lowest BCUT2D eigenvalue weighted by atomic mass is 10.2. The van der Waals surface area contributed by atoms with Gasteiger partial charge < -0.3 is 5.11 Å². The summed E-state index contributed by atoms with van der Waals surface area (Å²) in [6.07, 6.45) is 0. The Balaban J connectivity index is 0.000000258. The van der Waals surface area contributed by atoms with Crippen molar-refractivity contribution in [3.05, 3.63) is 69.4 Å². The molecular formula is C23H25FO3S2. The Morgan fingerprint density at radius 3 is 1.69 bits per heavy atom. The zero-order chi connectivity index (χ0) is 22.8. The van der Waals surface area contributed by atoms with Crippen LogP contribution in [0.1, 0.15) is 46.2 Å². The van der Waals surface area contributed by atoms with E-state index in [2.05, 4.69) is 25.1 Å². The number of fused-ring (bicyclic) bond motifs is 2. The van der Waals surface area contributed by atoms with Crippen molar-refractivity contribution in [2.45, 2.75) is 28.2 Å². The van der Waals surface area contributed by atoms with Crippen molar-refractivity contribution in [2.75, 3.05) is 7.18 Å². The molecule has 0 aliphatic carbocycles. The van der Waals surface area contributed by atoms with Crippen LogP contribution in [0.4, 0.5) is 4.39 Å². The van der Waals surface area contributed by atoms with Gasteiger partial charge in [-0.25, -0.2) is 4.79 Å². The fourth-order valence-corrected chi connectivity index (χ4v) is 4.42. The molecule has 2 heterocycles. The number of benzene rings is 2. The van der Waals surface area contributed by atoms with Crippen LogP contribution >= 0.6 is 22.7 Å². The molecular weight excluding hydrogens is 407 g/mol. The number of thiophene rings is 2. The van der Waals surface area contributed by atoms with E-state index in [9.17, 15) is 14.0 Å². The number of carboxylic acids is 1. The van der Waals surface area contributed by atoms with E-state index in [1.807, 2.05) is 31.2 Å². The van der Waals surface area contributed by atoms with Gasteiger partial charge >= 0.3 is 5.97 Å². The van der Waals surface area contributed by atoms with Crippen molar-refractivity contribution < 1.29 is 20.5 Å². The molecule has 6 heteroatoms. The Bertz CT molecular complexity index is 1040. The molecule has 0 bridgehead atoms. The summed E-state index contributed by atoms with van der Waals surface area (Å²) < 4.78 is 17.5. The molecule has 1 N–H and O–H groups in total. The smallest absolute Gasteiger partial charge is 0.345 e. The Morgan fingerprint density at radius 2 is 1.28 bits per heavy atom. The van der Waals surface area contributed by atoms with Gasteiger partial charge in [-0.2, -0.15) is 0 Å². The topological polar surface area (TPSA) is 54.4 Å². The molecule has 0 unspecified atom stereocenters. The zero-order valence-electron chi connectivity index (χ0n) is 18.1. The third-order valence-corrected chi connectivity index (χ3v) is 6.22. The van der Waals surface area contributed by atoms with Crippen LogP contribution in [0.15, 0.2) is 48.5 Å². The van der Waals surface area contributed by atoms with Crippen LogP contribution in [-0.4, -0.2) is 24.0 Å². The van der Waals surface area contributed by atoms with E-state index in [4.69, 9.17) is 6.48 Å². The summed E-state index contributed by atoms with van der Waals surface area (Å²) in [5, 5.41) is 11.0. The largest absolute Gasteiger partial charge is 0.477 e. The van der Waals surface area contributed by atoms with Crippen LogP contribution < -0.4 is 0 Å². The Labute approximate surface area is 179 Å². The van der Waals surface area contributed by atoms with E-state index < -0.39 is 5.97 Å². The van der Waals surface area contributed by atoms with Gasteiger partial charge in [-0.3, -0.25) is 9.18 Å². The highest BCUT2D eigenvalue weighted by molar-refractivity contribution is 7.21. The first-order chi connectivity index (χ1) is 14.3. The molecule has 0 aliphatic rings. The minimum Gasteiger partial charge on any atom is -0.477 e. The number of hydrogen-bond acceptors (Lipinski definition) is 4. The normalized spacial score (nSPS) is 9.93. The number of carbonyl (C=O) groups excluding carboxylic acids is 1. The van der Waals surface area contributed by atoms with Gasteiger partial charge in [-0.1, -0.05) is 42.8 Å². The fourth-order valence-electron chi connectivity index (χ4n) is 2.60. The van der Waals surface area contributed by atoms with Crippen LogP contribution in [0.3, 0.4) is 0 Å². The first-order valence-corrected chi connectivity index (χ1v) is 10.1. The molecule has 2 aromatic carbocycles. The number of hydrogen-bond donors (Lipinski definition) is 1. The predicted octanol–water partition coefficient (Wildman–Crippen LogP) is 7.54. The number of halogens is 1. The summed E-state index contributed by atoms with van der Waals surface area (Å²) in [5.74, 6) is -0.697. The Kier molecular flexibility index (Phi) is 8.49. The third kappa shape index (κ3) is 6.21. The van der Waals surface area contributed by atoms with Gasteiger partial charge in [0.25, 0.3) is 0 Å². The molecule has 0 saturated carbocycles. The summed E-state index contributed by atoms with van der Waals surface area (Å²) in [4.78, 5) is 23.0. The maximum Gasteiger partial charge on any atom is 0.345 e.